The number of amides is 1. The largest absolute Gasteiger partial charge is 0.366 e. The van der Waals surface area contributed by atoms with Gasteiger partial charge in [-0.25, -0.2) is 0 Å². The van der Waals surface area contributed by atoms with Gasteiger partial charge >= 0.3 is 0 Å². The van der Waals surface area contributed by atoms with E-state index in [2.05, 4.69) is 49.7 Å². The lowest BCUT2D eigenvalue weighted by Gasteiger charge is -2.47. The number of hydrogen-bond donors (Lipinski definition) is 0. The Morgan fingerprint density at radius 2 is 2.00 bits per heavy atom. The number of carbonyl (C=O) groups is 1. The monoisotopic (exact) mass is 419 g/mol. The maximum atomic E-state index is 12.8. The van der Waals surface area contributed by atoms with E-state index in [1.807, 2.05) is 19.9 Å². The number of thioether (sulfide) groups is 1. The number of benzene rings is 1. The molecule has 2 aliphatic rings. The number of halogens is 1. The highest BCUT2D eigenvalue weighted by Gasteiger charge is 2.36. The van der Waals surface area contributed by atoms with Crippen molar-refractivity contribution < 1.29 is 4.79 Å². The summed E-state index contributed by atoms with van der Waals surface area (Å²) in [6.45, 7) is 15.2. The van der Waals surface area contributed by atoms with Gasteiger partial charge in [-0.05, 0) is 88.1 Å². The van der Waals surface area contributed by atoms with Gasteiger partial charge in [0.15, 0.2) is 5.17 Å². The average molecular weight is 420 g/mol. The summed E-state index contributed by atoms with van der Waals surface area (Å²) >= 11 is 8.12. The fraction of sp³-hybridized carbons (Fsp3) is 0.545. The van der Waals surface area contributed by atoms with Crippen LogP contribution >= 0.6 is 23.4 Å². The van der Waals surface area contributed by atoms with Crippen molar-refractivity contribution in [3.63, 3.8) is 0 Å². The Morgan fingerprint density at radius 1 is 1.29 bits per heavy atom. The van der Waals surface area contributed by atoms with Crippen molar-refractivity contribution in [3.8, 4) is 0 Å². The molecule has 0 N–H and O–H groups in total. The highest BCUT2D eigenvalue weighted by molar-refractivity contribution is 8.18. The number of likely N-dealkylation sites (N-methyl/N-ethyl adjacent to an activating group) is 1. The SMILES string of the molecule is CCN=C1S/C(=C/c2cc3c(cc2Cl)N(CC)C(C)(C)CC3C)C(=O)N1CC. The quantitative estimate of drug-likeness (QED) is 0.581. The molecule has 0 saturated carbocycles. The number of carbonyl (C=O) groups excluding carboxylic acids is 1. The minimum atomic E-state index is 0.0119. The first-order valence-electron chi connectivity index (χ1n) is 10.1. The number of nitrogens with zero attached hydrogens (tertiary/aromatic N) is 3. The normalized spacial score (nSPS) is 24.4. The maximum Gasteiger partial charge on any atom is 0.266 e. The molecule has 6 heteroatoms. The summed E-state index contributed by atoms with van der Waals surface area (Å²) in [7, 11) is 0. The Kier molecular flexibility index (Phi) is 6.16. The molecule has 1 saturated heterocycles. The molecule has 1 atom stereocenters. The number of anilines is 1. The summed E-state index contributed by atoms with van der Waals surface area (Å²) in [4.78, 5) is 22.1. The van der Waals surface area contributed by atoms with Gasteiger partial charge in [-0.1, -0.05) is 18.5 Å². The van der Waals surface area contributed by atoms with E-state index in [9.17, 15) is 4.79 Å². The zero-order valence-electron chi connectivity index (χ0n) is 17.7. The van der Waals surface area contributed by atoms with Crippen molar-refractivity contribution in [2.45, 2.75) is 59.4 Å². The van der Waals surface area contributed by atoms with E-state index in [1.165, 1.54) is 23.0 Å². The molecule has 0 radical (unpaired) electrons. The Hall–Kier alpha value is -1.46. The maximum absolute atomic E-state index is 12.8. The summed E-state index contributed by atoms with van der Waals surface area (Å²) in [6, 6.07) is 4.25. The molecule has 0 spiro atoms. The molecule has 1 fully saturated rings. The van der Waals surface area contributed by atoms with Gasteiger partial charge in [0, 0.05) is 35.9 Å². The van der Waals surface area contributed by atoms with Crippen molar-refractivity contribution in [2.75, 3.05) is 24.5 Å². The predicted octanol–water partition coefficient (Wildman–Crippen LogP) is 5.76. The number of fused-ring (bicyclic) bond motifs is 1. The Labute approximate surface area is 178 Å². The molecule has 28 heavy (non-hydrogen) atoms. The lowest BCUT2D eigenvalue weighted by Crippen LogP contribution is -2.48. The van der Waals surface area contributed by atoms with Crippen LogP contribution < -0.4 is 4.90 Å². The van der Waals surface area contributed by atoms with Crippen molar-refractivity contribution in [3.05, 3.63) is 33.2 Å². The molecular formula is C22H30ClN3OS. The van der Waals surface area contributed by atoms with E-state index in [0.29, 0.717) is 28.9 Å². The minimum Gasteiger partial charge on any atom is -0.366 e. The minimum absolute atomic E-state index is 0.0119. The summed E-state index contributed by atoms with van der Waals surface area (Å²) in [5.41, 5.74) is 3.54. The van der Waals surface area contributed by atoms with Crippen LogP contribution in [-0.4, -0.2) is 41.1 Å². The highest BCUT2D eigenvalue weighted by atomic mass is 35.5. The van der Waals surface area contributed by atoms with E-state index < -0.39 is 0 Å². The molecule has 3 rings (SSSR count). The lowest BCUT2D eigenvalue weighted by atomic mass is 9.79. The van der Waals surface area contributed by atoms with Crippen LogP contribution in [0.15, 0.2) is 22.0 Å². The lowest BCUT2D eigenvalue weighted by molar-refractivity contribution is -0.122. The van der Waals surface area contributed by atoms with Crippen molar-refractivity contribution in [1.29, 1.82) is 0 Å². The molecule has 2 heterocycles. The third kappa shape index (κ3) is 3.71. The summed E-state index contributed by atoms with van der Waals surface area (Å²) in [6.07, 6.45) is 3.02. The molecule has 1 aromatic rings. The van der Waals surface area contributed by atoms with Gasteiger partial charge in [-0.3, -0.25) is 14.7 Å². The number of amidine groups is 1. The molecule has 1 unspecified atom stereocenters. The third-order valence-electron chi connectivity index (χ3n) is 5.60. The third-order valence-corrected chi connectivity index (χ3v) is 6.98. The van der Waals surface area contributed by atoms with Crippen molar-refractivity contribution >= 4 is 46.2 Å². The van der Waals surface area contributed by atoms with Crippen LogP contribution in [0.4, 0.5) is 5.69 Å². The van der Waals surface area contributed by atoms with E-state index in [-0.39, 0.29) is 11.4 Å². The first kappa shape index (κ1) is 21.3. The van der Waals surface area contributed by atoms with Crippen LogP contribution in [-0.2, 0) is 4.79 Å². The molecule has 4 nitrogen and oxygen atoms in total. The highest BCUT2D eigenvalue weighted by Crippen LogP contribution is 2.45. The van der Waals surface area contributed by atoms with Crippen LogP contribution in [0, 0.1) is 0 Å². The summed E-state index contributed by atoms with van der Waals surface area (Å²) in [5.74, 6) is 0.455. The molecule has 1 amide bonds. The van der Waals surface area contributed by atoms with Gasteiger partial charge in [-0.15, -0.1) is 0 Å². The average Bonchev–Trinajstić information content (AvgIpc) is 2.91. The number of rotatable bonds is 4. The van der Waals surface area contributed by atoms with Gasteiger partial charge < -0.3 is 4.90 Å². The van der Waals surface area contributed by atoms with Crippen LogP contribution in [0.1, 0.15) is 65.0 Å². The van der Waals surface area contributed by atoms with Crippen molar-refractivity contribution in [2.24, 2.45) is 4.99 Å². The van der Waals surface area contributed by atoms with Crippen LogP contribution in [0.2, 0.25) is 5.02 Å². The molecule has 0 bridgehead atoms. The molecule has 0 aliphatic carbocycles. The zero-order chi connectivity index (χ0) is 20.6. The van der Waals surface area contributed by atoms with Gasteiger partial charge in [0.05, 0.1) is 4.91 Å². The molecule has 1 aromatic carbocycles. The van der Waals surface area contributed by atoms with E-state index >= 15 is 0 Å². The number of hydrogen-bond acceptors (Lipinski definition) is 4. The Balaban J connectivity index is 2.04. The second-order valence-corrected chi connectivity index (χ2v) is 9.43. The van der Waals surface area contributed by atoms with Gasteiger partial charge in [0.1, 0.15) is 0 Å². The van der Waals surface area contributed by atoms with E-state index in [4.69, 9.17) is 11.6 Å². The smallest absolute Gasteiger partial charge is 0.266 e. The van der Waals surface area contributed by atoms with Gasteiger partial charge in [0.2, 0.25) is 0 Å². The molecule has 152 valence electrons. The van der Waals surface area contributed by atoms with Crippen LogP contribution in [0.3, 0.4) is 0 Å². The van der Waals surface area contributed by atoms with Gasteiger partial charge in [0.25, 0.3) is 5.91 Å². The summed E-state index contributed by atoms with van der Waals surface area (Å²) in [5, 5.41) is 1.47. The molecule has 2 aliphatic heterocycles. The fourth-order valence-corrected chi connectivity index (χ4v) is 5.72. The number of aliphatic imine (C=N–C) groups is 1. The first-order valence-corrected chi connectivity index (χ1v) is 11.3. The van der Waals surface area contributed by atoms with Crippen LogP contribution in [0.5, 0.6) is 0 Å². The standard InChI is InChI=1S/C22H30ClN3OS/c1-7-24-21-25(8-2)20(27)19(28-21)11-15-10-16-14(4)13-22(5,6)26(9-3)18(16)12-17(15)23/h10-12,14H,7-9,13H2,1-6H3/b19-11+,24-21?. The first-order chi connectivity index (χ1) is 13.2. The second kappa shape index (κ2) is 8.11. The fourth-order valence-electron chi connectivity index (χ4n) is 4.41. The van der Waals surface area contributed by atoms with Crippen molar-refractivity contribution in [1.82, 2.24) is 4.90 Å². The van der Waals surface area contributed by atoms with E-state index in [0.717, 1.165) is 23.7 Å². The Bertz CT molecular complexity index is 846. The van der Waals surface area contributed by atoms with E-state index in [1.54, 1.807) is 4.90 Å². The molecule has 0 aromatic heterocycles. The van der Waals surface area contributed by atoms with Crippen LogP contribution in [0.25, 0.3) is 6.08 Å². The summed E-state index contributed by atoms with van der Waals surface area (Å²) < 4.78 is 0. The Morgan fingerprint density at radius 3 is 2.61 bits per heavy atom. The molecular weight excluding hydrogens is 390 g/mol. The van der Waals surface area contributed by atoms with Gasteiger partial charge in [-0.2, -0.15) is 0 Å². The zero-order valence-corrected chi connectivity index (χ0v) is 19.2. The second-order valence-electron chi connectivity index (χ2n) is 8.01. The predicted molar refractivity (Wildman–Crippen MR) is 123 cm³/mol. The topological polar surface area (TPSA) is 35.9 Å².